The summed E-state index contributed by atoms with van der Waals surface area (Å²) in [5.41, 5.74) is 2.70. The predicted molar refractivity (Wildman–Crippen MR) is 80.0 cm³/mol. The van der Waals surface area contributed by atoms with Crippen LogP contribution in [0.1, 0.15) is 31.0 Å². The molecular weight excluding hydrogens is 232 g/mol. The highest BCUT2D eigenvalue weighted by atomic mass is 14.9. The fourth-order valence-corrected chi connectivity index (χ4v) is 2.32. The van der Waals surface area contributed by atoms with Crippen LogP contribution in [0.5, 0.6) is 0 Å². The summed E-state index contributed by atoms with van der Waals surface area (Å²) in [6.45, 7) is 5.51. The Kier molecular flexibility index (Phi) is 5.10. The van der Waals surface area contributed by atoms with E-state index in [0.717, 1.165) is 13.0 Å². The Hall–Kier alpha value is -1.67. The van der Waals surface area contributed by atoms with Crippen LogP contribution in [0.4, 0.5) is 0 Å². The van der Waals surface area contributed by atoms with Gasteiger partial charge in [0.2, 0.25) is 0 Å². The van der Waals surface area contributed by atoms with Crippen LogP contribution in [0.3, 0.4) is 0 Å². The highest BCUT2D eigenvalue weighted by Crippen LogP contribution is 2.21. The molecule has 0 fully saturated rings. The Balaban J connectivity index is 1.92. The number of nitrogens with zero attached hydrogens (tertiary/aromatic N) is 1. The maximum Gasteiger partial charge on any atom is 0.0343 e. The SMILES string of the molecule is CC(C)C(NCCc1ccncc1)c1ccccc1. The van der Waals surface area contributed by atoms with Crippen molar-refractivity contribution in [3.05, 3.63) is 66.0 Å². The molecule has 2 nitrogen and oxygen atoms in total. The summed E-state index contributed by atoms with van der Waals surface area (Å²) in [5.74, 6) is 0.583. The first-order valence-electron chi connectivity index (χ1n) is 6.94. The predicted octanol–water partition coefficient (Wildman–Crippen LogP) is 3.61. The van der Waals surface area contributed by atoms with Crippen LogP contribution < -0.4 is 5.32 Å². The quantitative estimate of drug-likeness (QED) is 0.851. The van der Waals surface area contributed by atoms with Gasteiger partial charge >= 0.3 is 0 Å². The third kappa shape index (κ3) is 4.18. The topological polar surface area (TPSA) is 24.9 Å². The van der Waals surface area contributed by atoms with Crippen molar-refractivity contribution in [3.8, 4) is 0 Å². The van der Waals surface area contributed by atoms with E-state index in [1.807, 2.05) is 12.4 Å². The molecule has 2 rings (SSSR count). The molecule has 0 amide bonds. The monoisotopic (exact) mass is 254 g/mol. The van der Waals surface area contributed by atoms with Crippen molar-refractivity contribution in [3.63, 3.8) is 0 Å². The van der Waals surface area contributed by atoms with Crippen LogP contribution in [0, 0.1) is 5.92 Å². The first kappa shape index (κ1) is 13.8. The molecule has 1 heterocycles. The van der Waals surface area contributed by atoms with E-state index in [1.165, 1.54) is 11.1 Å². The van der Waals surface area contributed by atoms with Gasteiger partial charge in [-0.3, -0.25) is 4.98 Å². The summed E-state index contributed by atoms with van der Waals surface area (Å²) in [7, 11) is 0. The lowest BCUT2D eigenvalue weighted by molar-refractivity contribution is 0.414. The maximum atomic E-state index is 4.04. The molecule has 0 aliphatic rings. The summed E-state index contributed by atoms with van der Waals surface area (Å²) in [6, 6.07) is 15.3. The molecule has 2 heteroatoms. The number of pyridine rings is 1. The van der Waals surface area contributed by atoms with E-state index >= 15 is 0 Å². The van der Waals surface area contributed by atoms with Crippen LogP contribution >= 0.6 is 0 Å². The van der Waals surface area contributed by atoms with Crippen molar-refractivity contribution < 1.29 is 0 Å². The molecule has 1 atom stereocenters. The van der Waals surface area contributed by atoms with Gasteiger partial charge < -0.3 is 5.32 Å². The Morgan fingerprint density at radius 3 is 2.32 bits per heavy atom. The molecule has 0 radical (unpaired) electrons. The molecule has 1 aromatic heterocycles. The zero-order valence-electron chi connectivity index (χ0n) is 11.7. The Morgan fingerprint density at radius 1 is 1.00 bits per heavy atom. The number of aromatic nitrogens is 1. The van der Waals surface area contributed by atoms with Crippen molar-refractivity contribution in [2.45, 2.75) is 26.3 Å². The minimum absolute atomic E-state index is 0.419. The van der Waals surface area contributed by atoms with Crippen LogP contribution in [-0.2, 0) is 6.42 Å². The molecule has 0 aliphatic heterocycles. The van der Waals surface area contributed by atoms with Gasteiger partial charge in [0.25, 0.3) is 0 Å². The molecule has 0 saturated heterocycles. The van der Waals surface area contributed by atoms with Gasteiger partial charge in [-0.2, -0.15) is 0 Å². The van der Waals surface area contributed by atoms with Crippen molar-refractivity contribution >= 4 is 0 Å². The summed E-state index contributed by atoms with van der Waals surface area (Å²) >= 11 is 0. The van der Waals surface area contributed by atoms with Crippen molar-refractivity contribution in [1.82, 2.24) is 10.3 Å². The van der Waals surface area contributed by atoms with Gasteiger partial charge in [0.05, 0.1) is 0 Å². The highest BCUT2D eigenvalue weighted by molar-refractivity contribution is 5.19. The second-order valence-corrected chi connectivity index (χ2v) is 5.19. The molecule has 1 N–H and O–H groups in total. The van der Waals surface area contributed by atoms with E-state index in [2.05, 4.69) is 66.6 Å². The third-order valence-electron chi connectivity index (χ3n) is 3.35. The summed E-state index contributed by atoms with van der Waals surface area (Å²) in [4.78, 5) is 4.04. The Bertz CT molecular complexity index is 465. The molecule has 1 aromatic carbocycles. The molecule has 0 spiro atoms. The second-order valence-electron chi connectivity index (χ2n) is 5.19. The zero-order valence-corrected chi connectivity index (χ0v) is 11.7. The lowest BCUT2D eigenvalue weighted by Gasteiger charge is -2.23. The highest BCUT2D eigenvalue weighted by Gasteiger charge is 2.14. The van der Waals surface area contributed by atoms with E-state index in [-0.39, 0.29) is 0 Å². The zero-order chi connectivity index (χ0) is 13.5. The first-order chi connectivity index (χ1) is 9.27. The Morgan fingerprint density at radius 2 is 1.68 bits per heavy atom. The first-order valence-corrected chi connectivity index (χ1v) is 6.94. The van der Waals surface area contributed by atoms with Gasteiger partial charge in [-0.05, 0) is 42.1 Å². The Labute approximate surface area is 115 Å². The number of hydrogen-bond donors (Lipinski definition) is 1. The molecule has 0 aliphatic carbocycles. The number of hydrogen-bond acceptors (Lipinski definition) is 2. The summed E-state index contributed by atoms with van der Waals surface area (Å²) in [6.07, 6.45) is 4.75. The average molecular weight is 254 g/mol. The van der Waals surface area contributed by atoms with Crippen molar-refractivity contribution in [2.24, 2.45) is 5.92 Å². The fraction of sp³-hybridized carbons (Fsp3) is 0.353. The number of benzene rings is 1. The van der Waals surface area contributed by atoms with Gasteiger partial charge in [0.15, 0.2) is 0 Å². The lowest BCUT2D eigenvalue weighted by Crippen LogP contribution is -2.27. The van der Waals surface area contributed by atoms with Gasteiger partial charge in [-0.15, -0.1) is 0 Å². The standard InChI is InChI=1S/C17H22N2/c1-14(2)17(16-6-4-3-5-7-16)19-13-10-15-8-11-18-12-9-15/h3-9,11-12,14,17,19H,10,13H2,1-2H3. The van der Waals surface area contributed by atoms with E-state index in [0.29, 0.717) is 12.0 Å². The lowest BCUT2D eigenvalue weighted by atomic mass is 9.96. The van der Waals surface area contributed by atoms with Gasteiger partial charge in [0.1, 0.15) is 0 Å². The number of nitrogens with one attached hydrogen (secondary N) is 1. The molecule has 2 aromatic rings. The molecule has 0 saturated carbocycles. The number of rotatable bonds is 6. The van der Waals surface area contributed by atoms with E-state index < -0.39 is 0 Å². The van der Waals surface area contributed by atoms with Crippen LogP contribution in [0.15, 0.2) is 54.9 Å². The van der Waals surface area contributed by atoms with Crippen LogP contribution in [0.2, 0.25) is 0 Å². The van der Waals surface area contributed by atoms with E-state index in [4.69, 9.17) is 0 Å². The van der Waals surface area contributed by atoms with Crippen LogP contribution in [0.25, 0.3) is 0 Å². The maximum absolute atomic E-state index is 4.04. The van der Waals surface area contributed by atoms with E-state index in [1.54, 1.807) is 0 Å². The smallest absolute Gasteiger partial charge is 0.0343 e. The fourth-order valence-electron chi connectivity index (χ4n) is 2.32. The van der Waals surface area contributed by atoms with Gasteiger partial charge in [0, 0.05) is 18.4 Å². The molecular formula is C17H22N2. The minimum atomic E-state index is 0.419. The normalized spacial score (nSPS) is 12.6. The van der Waals surface area contributed by atoms with Crippen molar-refractivity contribution in [1.29, 1.82) is 0 Å². The molecule has 0 bridgehead atoms. The largest absolute Gasteiger partial charge is 0.309 e. The van der Waals surface area contributed by atoms with Crippen molar-refractivity contribution in [2.75, 3.05) is 6.54 Å². The average Bonchev–Trinajstić information content (AvgIpc) is 2.45. The third-order valence-corrected chi connectivity index (χ3v) is 3.35. The van der Waals surface area contributed by atoms with Crippen LogP contribution in [-0.4, -0.2) is 11.5 Å². The second kappa shape index (κ2) is 7.05. The molecule has 1 unspecified atom stereocenters. The molecule has 100 valence electrons. The summed E-state index contributed by atoms with van der Waals surface area (Å²) < 4.78 is 0. The molecule has 19 heavy (non-hydrogen) atoms. The summed E-state index contributed by atoms with van der Waals surface area (Å²) in [5, 5.41) is 3.66. The van der Waals surface area contributed by atoms with Gasteiger partial charge in [-0.25, -0.2) is 0 Å². The van der Waals surface area contributed by atoms with E-state index in [9.17, 15) is 0 Å². The van der Waals surface area contributed by atoms with Gasteiger partial charge in [-0.1, -0.05) is 44.2 Å². The minimum Gasteiger partial charge on any atom is -0.309 e.